The summed E-state index contributed by atoms with van der Waals surface area (Å²) >= 11 is 5.75. The third-order valence-electron chi connectivity index (χ3n) is 1.72. The molecule has 0 saturated heterocycles. The highest BCUT2D eigenvalue weighted by molar-refractivity contribution is 6.30. The van der Waals surface area contributed by atoms with Gasteiger partial charge >= 0.3 is 0 Å². The molecule has 0 unspecified atom stereocenters. The Morgan fingerprint density at radius 1 is 1.25 bits per heavy atom. The van der Waals surface area contributed by atoms with Crippen molar-refractivity contribution in [3.63, 3.8) is 0 Å². The van der Waals surface area contributed by atoms with E-state index < -0.39 is 0 Å². The maximum atomic E-state index is 5.75. The van der Waals surface area contributed by atoms with Gasteiger partial charge in [-0.3, -0.25) is 0 Å². The highest BCUT2D eigenvalue weighted by atomic mass is 35.5. The van der Waals surface area contributed by atoms with Crippen LogP contribution in [0, 0.1) is 0 Å². The molecule has 1 nitrogen and oxygen atoms in total. The Bertz CT molecular complexity index is 274. The van der Waals surface area contributed by atoms with Gasteiger partial charge in [0.2, 0.25) is 0 Å². The molecular weight excluding hydrogens is 170 g/mol. The minimum absolute atomic E-state index is 0.755. The topological polar surface area (TPSA) is 3.24 Å². The Morgan fingerprint density at radius 3 is 2.17 bits per heavy atom. The molecule has 0 aliphatic carbocycles. The first-order chi connectivity index (χ1) is 5.61. The largest absolute Gasteiger partial charge is 0.378 e. The average Bonchev–Trinajstić information content (AvgIpc) is 2.04. The van der Waals surface area contributed by atoms with E-state index in [1.54, 1.807) is 0 Å². The van der Waals surface area contributed by atoms with Crippen molar-refractivity contribution in [3.05, 3.63) is 41.4 Å². The highest BCUT2D eigenvalue weighted by Gasteiger charge is 1.99. The number of hydrogen-bond acceptors (Lipinski definition) is 1. The van der Waals surface area contributed by atoms with Gasteiger partial charge in [0.05, 0.1) is 0 Å². The third kappa shape index (κ3) is 2.02. The predicted octanol–water partition coefficient (Wildman–Crippen LogP) is 2.87. The Balaban J connectivity index is 2.90. The molecule has 0 aliphatic heterocycles. The summed E-state index contributed by atoms with van der Waals surface area (Å²) in [7, 11) is 3.94. The van der Waals surface area contributed by atoms with E-state index in [1.807, 2.05) is 43.3 Å². The summed E-state index contributed by atoms with van der Waals surface area (Å²) in [5.74, 6) is 0. The lowest BCUT2D eigenvalue weighted by molar-refractivity contribution is 0.593. The Labute approximate surface area is 78.3 Å². The van der Waals surface area contributed by atoms with Crippen LogP contribution in [0.3, 0.4) is 0 Å². The zero-order valence-electron chi connectivity index (χ0n) is 7.34. The van der Waals surface area contributed by atoms with Crippen LogP contribution < -0.4 is 0 Å². The number of benzene rings is 1. The summed E-state index contributed by atoms with van der Waals surface area (Å²) in [6.45, 7) is 3.94. The van der Waals surface area contributed by atoms with Crippen LogP contribution in [0.5, 0.6) is 0 Å². The van der Waals surface area contributed by atoms with Crippen LogP contribution >= 0.6 is 11.6 Å². The van der Waals surface area contributed by atoms with Gasteiger partial charge in [0.15, 0.2) is 0 Å². The van der Waals surface area contributed by atoms with Gasteiger partial charge in [0, 0.05) is 24.8 Å². The second-order valence-corrected chi connectivity index (χ2v) is 3.28. The van der Waals surface area contributed by atoms with Crippen LogP contribution in [0.15, 0.2) is 30.8 Å². The van der Waals surface area contributed by atoms with Crippen molar-refractivity contribution in [1.29, 1.82) is 0 Å². The molecule has 0 aromatic heterocycles. The molecule has 64 valence electrons. The monoisotopic (exact) mass is 181 g/mol. The molecule has 0 heterocycles. The van der Waals surface area contributed by atoms with Crippen molar-refractivity contribution in [1.82, 2.24) is 4.90 Å². The lowest BCUT2D eigenvalue weighted by Gasteiger charge is -2.15. The fourth-order valence-electron chi connectivity index (χ4n) is 0.900. The molecule has 2 heteroatoms. The molecule has 1 aromatic carbocycles. The number of nitrogens with zero attached hydrogens (tertiary/aromatic N) is 1. The normalized spacial score (nSPS) is 9.58. The van der Waals surface area contributed by atoms with E-state index in [1.165, 1.54) is 0 Å². The van der Waals surface area contributed by atoms with Crippen molar-refractivity contribution in [2.24, 2.45) is 0 Å². The van der Waals surface area contributed by atoms with E-state index in [2.05, 4.69) is 6.58 Å². The smallest absolute Gasteiger partial charge is 0.0406 e. The van der Waals surface area contributed by atoms with Crippen molar-refractivity contribution < 1.29 is 0 Å². The van der Waals surface area contributed by atoms with Gasteiger partial charge in [-0.25, -0.2) is 0 Å². The first-order valence-electron chi connectivity index (χ1n) is 3.73. The average molecular weight is 182 g/mol. The van der Waals surface area contributed by atoms with Crippen molar-refractivity contribution in [2.45, 2.75) is 0 Å². The van der Waals surface area contributed by atoms with Crippen LogP contribution in [0.25, 0.3) is 5.70 Å². The van der Waals surface area contributed by atoms with Crippen molar-refractivity contribution in [2.75, 3.05) is 14.1 Å². The van der Waals surface area contributed by atoms with Crippen LogP contribution in [0.4, 0.5) is 0 Å². The first kappa shape index (κ1) is 9.14. The molecule has 0 aliphatic rings. The SMILES string of the molecule is C=C(c1ccc(Cl)cc1)N(C)C. The Kier molecular flexibility index (Phi) is 2.77. The van der Waals surface area contributed by atoms with Gasteiger partial charge in [-0.05, 0) is 17.7 Å². The molecule has 12 heavy (non-hydrogen) atoms. The zero-order valence-corrected chi connectivity index (χ0v) is 8.10. The van der Waals surface area contributed by atoms with E-state index in [0.717, 1.165) is 16.3 Å². The van der Waals surface area contributed by atoms with Gasteiger partial charge in [0.1, 0.15) is 0 Å². The van der Waals surface area contributed by atoms with E-state index >= 15 is 0 Å². The van der Waals surface area contributed by atoms with Crippen molar-refractivity contribution >= 4 is 17.3 Å². The van der Waals surface area contributed by atoms with Gasteiger partial charge in [-0.15, -0.1) is 0 Å². The summed E-state index contributed by atoms with van der Waals surface area (Å²) < 4.78 is 0. The lowest BCUT2D eigenvalue weighted by Crippen LogP contribution is -2.08. The molecule has 0 fully saturated rings. The second-order valence-electron chi connectivity index (χ2n) is 2.85. The second kappa shape index (κ2) is 3.63. The molecule has 0 saturated carbocycles. The number of halogens is 1. The number of hydrogen-bond donors (Lipinski definition) is 0. The molecule has 1 rings (SSSR count). The minimum atomic E-state index is 0.755. The van der Waals surface area contributed by atoms with Crippen LogP contribution in [-0.2, 0) is 0 Å². The predicted molar refractivity (Wildman–Crippen MR) is 54.2 cm³/mol. The molecule has 1 aromatic rings. The van der Waals surface area contributed by atoms with Crippen LogP contribution in [0.1, 0.15) is 5.56 Å². The fraction of sp³-hybridized carbons (Fsp3) is 0.200. The lowest BCUT2D eigenvalue weighted by atomic mass is 10.2. The molecule has 0 spiro atoms. The first-order valence-corrected chi connectivity index (χ1v) is 4.11. The Hall–Kier alpha value is -0.950. The fourth-order valence-corrected chi connectivity index (χ4v) is 1.03. The van der Waals surface area contributed by atoms with Crippen LogP contribution in [-0.4, -0.2) is 19.0 Å². The van der Waals surface area contributed by atoms with E-state index in [0.29, 0.717) is 0 Å². The quantitative estimate of drug-likeness (QED) is 0.678. The maximum Gasteiger partial charge on any atom is 0.0406 e. The van der Waals surface area contributed by atoms with Crippen molar-refractivity contribution in [3.8, 4) is 0 Å². The molecule has 0 atom stereocenters. The summed E-state index contributed by atoms with van der Waals surface area (Å²) in [4.78, 5) is 1.98. The highest BCUT2D eigenvalue weighted by Crippen LogP contribution is 2.16. The molecule has 0 bridgehead atoms. The minimum Gasteiger partial charge on any atom is -0.378 e. The zero-order chi connectivity index (χ0) is 9.14. The standard InChI is InChI=1S/C10H12ClN/c1-8(12(2)3)9-4-6-10(11)7-5-9/h4-7H,1H2,2-3H3. The third-order valence-corrected chi connectivity index (χ3v) is 1.97. The summed E-state index contributed by atoms with van der Waals surface area (Å²) in [5, 5.41) is 0.755. The molecule has 0 radical (unpaired) electrons. The van der Waals surface area contributed by atoms with E-state index in [4.69, 9.17) is 11.6 Å². The summed E-state index contributed by atoms with van der Waals surface area (Å²) in [5.41, 5.74) is 2.09. The molecular formula is C10H12ClN. The maximum absolute atomic E-state index is 5.75. The van der Waals surface area contributed by atoms with E-state index in [-0.39, 0.29) is 0 Å². The van der Waals surface area contributed by atoms with Gasteiger partial charge in [-0.1, -0.05) is 30.3 Å². The Morgan fingerprint density at radius 2 is 1.75 bits per heavy atom. The van der Waals surface area contributed by atoms with E-state index in [9.17, 15) is 0 Å². The van der Waals surface area contributed by atoms with Gasteiger partial charge in [-0.2, -0.15) is 0 Å². The molecule has 0 N–H and O–H groups in total. The summed E-state index contributed by atoms with van der Waals surface area (Å²) in [6, 6.07) is 7.66. The van der Waals surface area contributed by atoms with Crippen LogP contribution in [0.2, 0.25) is 5.02 Å². The van der Waals surface area contributed by atoms with Gasteiger partial charge < -0.3 is 4.90 Å². The summed E-state index contributed by atoms with van der Waals surface area (Å²) in [6.07, 6.45) is 0. The molecule has 0 amide bonds. The van der Waals surface area contributed by atoms with Gasteiger partial charge in [0.25, 0.3) is 0 Å². The number of rotatable bonds is 2.